The van der Waals surface area contributed by atoms with Crippen LogP contribution >= 0.6 is 0 Å². The van der Waals surface area contributed by atoms with E-state index in [1.807, 2.05) is 125 Å². The Morgan fingerprint density at radius 3 is 0.874 bits per heavy atom. The second-order valence-corrected chi connectivity index (χ2v) is 40.4. The van der Waals surface area contributed by atoms with Gasteiger partial charge in [0.2, 0.25) is 43.8 Å². The van der Waals surface area contributed by atoms with Crippen molar-refractivity contribution in [3.05, 3.63) is 144 Å². The lowest BCUT2D eigenvalue weighted by molar-refractivity contribution is -0.137. The summed E-state index contributed by atoms with van der Waals surface area (Å²) in [5.41, 5.74) is 12.1. The summed E-state index contributed by atoms with van der Waals surface area (Å²) >= 11 is 0. The largest absolute Gasteiger partial charge is 0.480 e. The van der Waals surface area contributed by atoms with Crippen molar-refractivity contribution in [1.82, 2.24) is 59.5 Å². The molecule has 12 rings (SSSR count). The number of Topliss-reactive ketones (excluding diaryl/α,β-unsaturated/α-hetero) is 1. The summed E-state index contributed by atoms with van der Waals surface area (Å²) in [6, 6.07) is 28.1. The quantitative estimate of drug-likeness (QED) is 0.0187. The van der Waals surface area contributed by atoms with Crippen molar-refractivity contribution in [2.75, 3.05) is 178 Å². The number of aromatic nitrogens is 8. The molecule has 0 aliphatic carbocycles. The van der Waals surface area contributed by atoms with Gasteiger partial charge in [0.15, 0.2) is 23.3 Å². The van der Waals surface area contributed by atoms with Gasteiger partial charge in [-0.15, -0.1) is 0 Å². The lowest BCUT2D eigenvalue weighted by atomic mass is 10.1. The molecular weight excluding hydrogens is 1870 g/mol. The highest BCUT2D eigenvalue weighted by atomic mass is 32.2. The lowest BCUT2D eigenvalue weighted by Gasteiger charge is -2.30. The molecule has 0 saturated carbocycles. The number of nitrogens with zero attached hydrogens (tertiary/aromatic N) is 18. The van der Waals surface area contributed by atoms with Crippen molar-refractivity contribution >= 4 is 126 Å². The number of benzene rings is 4. The topological polar surface area (TPSA) is 450 Å². The minimum atomic E-state index is -3.71. The molecule has 4 saturated heterocycles. The van der Waals surface area contributed by atoms with Gasteiger partial charge in [0.1, 0.15) is 46.2 Å². The van der Waals surface area contributed by atoms with Gasteiger partial charge >= 0.3 is 30.3 Å². The van der Waals surface area contributed by atoms with Crippen molar-refractivity contribution in [1.29, 1.82) is 0 Å². The summed E-state index contributed by atoms with van der Waals surface area (Å²) in [7, 11) is -7.26. The lowest BCUT2D eigenvalue weighted by Crippen LogP contribution is -2.39. The number of hydrogen-bond donors (Lipinski definition) is 7. The van der Waals surface area contributed by atoms with Crippen molar-refractivity contribution < 1.29 is 69.7 Å². The van der Waals surface area contributed by atoms with Gasteiger partial charge in [-0.2, -0.15) is 19.9 Å². The maximum absolute atomic E-state index is 12.6. The van der Waals surface area contributed by atoms with Crippen LogP contribution in [0.4, 0.5) is 89.0 Å². The number of carbonyl (C=O) groups excluding carboxylic acids is 5. The first kappa shape index (κ1) is 115. The van der Waals surface area contributed by atoms with Crippen molar-refractivity contribution in [2.45, 2.75) is 251 Å². The molecule has 0 spiro atoms. The monoisotopic (exact) mass is 2020 g/mol. The summed E-state index contributed by atoms with van der Waals surface area (Å²) in [5.74, 6) is 5.42. The van der Waals surface area contributed by atoms with Gasteiger partial charge in [0.05, 0.1) is 48.7 Å². The number of hydrogen-bond acceptors (Lipinski definition) is 32. The van der Waals surface area contributed by atoms with Crippen LogP contribution < -0.4 is 79.5 Å². The zero-order chi connectivity index (χ0) is 105. The van der Waals surface area contributed by atoms with Crippen LogP contribution in [0.2, 0.25) is 0 Å². The van der Waals surface area contributed by atoms with Crippen LogP contribution in [0.25, 0.3) is 0 Å². The molecule has 4 aromatic carbocycles. The van der Waals surface area contributed by atoms with Crippen molar-refractivity contribution in [2.24, 2.45) is 0 Å². The van der Waals surface area contributed by atoms with Crippen LogP contribution in [-0.2, 0) is 55.3 Å². The molecule has 4 amide bonds. The normalized spacial score (nSPS) is 14.2. The molecule has 4 fully saturated rings. The number of anilines is 12. The van der Waals surface area contributed by atoms with E-state index in [4.69, 9.17) is 34.6 Å². The second kappa shape index (κ2) is 56.7. The Labute approximate surface area is 846 Å². The van der Waals surface area contributed by atoms with Crippen molar-refractivity contribution in [3.8, 4) is 23.0 Å². The summed E-state index contributed by atoms with van der Waals surface area (Å²) in [5, 5.41) is 26.8. The molecule has 143 heavy (non-hydrogen) atoms. The summed E-state index contributed by atoms with van der Waals surface area (Å²) in [6.45, 7) is 49.0. The number of nitrogens with two attached hydrogens (primary N) is 1. The minimum Gasteiger partial charge on any atom is -0.480 e. The Balaban J connectivity index is 0.000000231. The van der Waals surface area contributed by atoms with Crippen LogP contribution in [0.15, 0.2) is 122 Å². The average molecular weight is 2020 g/mol. The first-order chi connectivity index (χ1) is 68.1. The maximum Gasteiger partial charge on any atom is 0.415 e. The SMILES string of the molecule is CC(C)=O.CCN(CC)c1ncc(N(C(C)C)S(C)(=O)=O)c(N[C@@H](Cc2ccc(OC(=O)N3CCCC3)cc2)C(=O)O)n1.CCN(CC)c1ncc(N(C(C)C)S(C)(=O)=O)c(N[C@H](C)Cc2ccc(OC(=O)N3CCCC3)cc2)n1.CCN(CC)c1ncc(N)c(N[C@H](C)Cc2ccc(OC(=O)N3CCCC3)cc2)n1.CCN(CC)c1ncc(NC(C)C)c(N[C@H](C)Cc2ccc(OC(=O)N3CCCC3)cc2)n1. The van der Waals surface area contributed by atoms with E-state index in [9.17, 15) is 50.7 Å². The molecule has 0 unspecified atom stereocenters. The highest BCUT2D eigenvalue weighted by Crippen LogP contribution is 2.35. The summed E-state index contributed by atoms with van der Waals surface area (Å²) in [4.78, 5) is 122. The molecule has 4 aliphatic rings. The first-order valence-corrected chi connectivity index (χ1v) is 53.8. The second-order valence-electron chi connectivity index (χ2n) is 36.7. The van der Waals surface area contributed by atoms with Crippen LogP contribution in [0.5, 0.6) is 23.0 Å². The molecular formula is C102H154N24O15S2. The highest BCUT2D eigenvalue weighted by Gasteiger charge is 2.33. The van der Waals surface area contributed by atoms with Gasteiger partial charge < -0.3 is 100 Å². The molecule has 4 aromatic heterocycles. The highest BCUT2D eigenvalue weighted by molar-refractivity contribution is 7.92. The smallest absolute Gasteiger partial charge is 0.415 e. The van der Waals surface area contributed by atoms with E-state index in [1.165, 1.54) is 34.9 Å². The van der Waals surface area contributed by atoms with Gasteiger partial charge in [-0.05, 0) is 273 Å². The van der Waals surface area contributed by atoms with E-state index in [-0.39, 0.29) is 72.2 Å². The number of aliphatic carboxylic acids is 1. The van der Waals surface area contributed by atoms with E-state index in [1.54, 1.807) is 82.2 Å². The molecule has 0 bridgehead atoms. The Kier molecular flexibility index (Phi) is 45.7. The number of nitrogen functional groups attached to an aromatic ring is 1. The summed E-state index contributed by atoms with van der Waals surface area (Å²) in [6.07, 6.45) is 18.0. The number of carboxylic acids is 1. The van der Waals surface area contributed by atoms with Crippen molar-refractivity contribution in [3.63, 3.8) is 0 Å². The predicted octanol–water partition coefficient (Wildman–Crippen LogP) is 16.3. The van der Waals surface area contributed by atoms with Gasteiger partial charge in [-0.25, -0.2) is 60.7 Å². The van der Waals surface area contributed by atoms with Gasteiger partial charge in [-0.1, -0.05) is 48.5 Å². The Morgan fingerprint density at radius 1 is 0.364 bits per heavy atom. The third-order valence-electron chi connectivity index (χ3n) is 23.6. The molecule has 8 aromatic rings. The van der Waals surface area contributed by atoms with Gasteiger partial charge in [0.25, 0.3) is 0 Å². The number of carboxylic acid groups (broad SMARTS) is 1. The number of amides is 4. The number of carbonyl (C=O) groups is 6. The Bertz CT molecular complexity index is 5560. The fraction of sp³-hybridized carbons (Fsp3) is 0.549. The molecule has 41 heteroatoms. The number of ether oxygens (including phenoxy) is 4. The van der Waals surface area contributed by atoms with E-state index < -0.39 is 44.2 Å². The third-order valence-corrected chi connectivity index (χ3v) is 26.3. The van der Waals surface area contributed by atoms with Crippen LogP contribution in [0.3, 0.4) is 0 Å². The molecule has 0 radical (unpaired) electrons. The zero-order valence-corrected chi connectivity index (χ0v) is 89.1. The van der Waals surface area contributed by atoms with Crippen LogP contribution in [-0.4, -0.2) is 277 Å². The number of sulfonamides is 2. The first-order valence-electron chi connectivity index (χ1n) is 50.1. The van der Waals surface area contributed by atoms with E-state index in [2.05, 4.69) is 122 Å². The van der Waals surface area contributed by atoms with E-state index >= 15 is 0 Å². The van der Waals surface area contributed by atoms with E-state index in [0.29, 0.717) is 102 Å². The molecule has 39 nitrogen and oxygen atoms in total. The number of likely N-dealkylation sites (tertiary alicyclic amines) is 4. The number of ketones is 1. The van der Waals surface area contributed by atoms with Crippen LogP contribution in [0, 0.1) is 0 Å². The summed E-state index contributed by atoms with van der Waals surface area (Å²) < 4.78 is 74.9. The van der Waals surface area contributed by atoms with E-state index in [0.717, 1.165) is 183 Å². The standard InChI is InChI=1S/C26H38N6O6S.C26H40N6O4S.C25H38N6O2.C22H32N6O2.C3H6O/c1-6-30(7-2)25-27-17-22(32(18(3)4)39(5,36)37)23(29-25)28-21(24(33)34)16-19-10-12-20(13-11-19)38-26(35)31-14-8-9-15-31;1-7-30(8-2)25-27-18-23(32(19(3)4)37(6,34)35)24(29-25)28-20(5)17-21-11-13-22(14-12-21)36-26(33)31-15-9-10-16-31;1-6-30(7-2)24-26-17-22(27-18(3)4)23(29-24)28-19(5)16-20-10-12-21(13-11-20)33-25(32)31-14-8-9-15-31;1-4-27(5-2)21-24-15-19(23)20(26-21)25-16(3)14-17-8-10-18(11-9-17)30-22(29)28-12-6-7-13-28;1-3(2)4/h10-13,17-18,21H,6-9,14-16H2,1-5H3,(H,33,34)(H,27,28,29);11-14,18-20H,7-10,15-17H2,1-6H3,(H,27,28,29);10-13,17-19,27H,6-9,14-16H2,1-5H3,(H,26,28,29);8-11,15-16H,4-7,12-14,23H2,1-3H3,(H,24,25,26);1-2H3/t21-;20-;19-;16-;/m0111./s1. The van der Waals surface area contributed by atoms with Gasteiger partial charge in [0, 0.05) is 147 Å². The van der Waals surface area contributed by atoms with Crippen LogP contribution in [0.1, 0.15) is 205 Å². The number of rotatable bonds is 41. The molecule has 784 valence electrons. The number of nitrogens with one attached hydrogen (secondary N) is 5. The molecule has 8 heterocycles. The Morgan fingerprint density at radius 2 is 0.608 bits per heavy atom. The maximum atomic E-state index is 12.6. The Hall–Kier alpha value is -13.1. The third kappa shape index (κ3) is 36.4. The fourth-order valence-corrected chi connectivity index (χ4v) is 19.0. The molecule has 8 N–H and O–H groups in total. The fourth-order valence-electron chi connectivity index (χ4n) is 16.5. The minimum absolute atomic E-state index is 0.0650. The predicted molar refractivity (Wildman–Crippen MR) is 569 cm³/mol. The zero-order valence-electron chi connectivity index (χ0n) is 87.5. The average Bonchev–Trinajstić information content (AvgIpc) is 1.54. The molecule has 4 aliphatic heterocycles. The molecule has 4 atom stereocenters. The van der Waals surface area contributed by atoms with Gasteiger partial charge in [-0.3, -0.25) is 8.61 Å².